The van der Waals surface area contributed by atoms with Gasteiger partial charge in [0.15, 0.2) is 0 Å². The highest BCUT2D eigenvalue weighted by Gasteiger charge is 2.01. The lowest BCUT2D eigenvalue weighted by Crippen LogP contribution is -2.23. The first-order valence-electron chi connectivity index (χ1n) is 5.79. The highest BCUT2D eigenvalue weighted by molar-refractivity contribution is 5.85. The van der Waals surface area contributed by atoms with Crippen LogP contribution in [0.5, 0.6) is 0 Å². The molecule has 0 fully saturated rings. The number of hydrogen-bond acceptors (Lipinski definition) is 4. The normalized spacial score (nSPS) is 10.8. The molecule has 1 aromatic rings. The summed E-state index contributed by atoms with van der Waals surface area (Å²) in [5, 5.41) is 8.51. The van der Waals surface area contributed by atoms with Gasteiger partial charge in [-0.15, -0.1) is 0 Å². The molecule has 5 heteroatoms. The maximum atomic E-state index is 10.4. The van der Waals surface area contributed by atoms with E-state index in [-0.39, 0.29) is 0 Å². The molecule has 5 nitrogen and oxygen atoms in total. The molecule has 1 heterocycles. The fraction of sp³-hybridized carbons (Fsp3) is 0.385. The number of anilines is 1. The first kappa shape index (κ1) is 14.2. The van der Waals surface area contributed by atoms with Gasteiger partial charge in [0.05, 0.1) is 6.61 Å². The summed E-state index contributed by atoms with van der Waals surface area (Å²) in [6.45, 7) is 4.10. The van der Waals surface area contributed by atoms with Crippen molar-refractivity contribution in [3.8, 4) is 0 Å². The minimum absolute atomic E-state index is 0.662. The molecule has 0 spiro atoms. The smallest absolute Gasteiger partial charge is 0.328 e. The van der Waals surface area contributed by atoms with E-state index in [0.29, 0.717) is 13.2 Å². The van der Waals surface area contributed by atoms with E-state index < -0.39 is 5.97 Å². The minimum Gasteiger partial charge on any atom is -0.478 e. The third-order valence-corrected chi connectivity index (χ3v) is 2.36. The van der Waals surface area contributed by atoms with E-state index in [1.165, 1.54) is 6.08 Å². The van der Waals surface area contributed by atoms with Crippen molar-refractivity contribution >= 4 is 17.9 Å². The topological polar surface area (TPSA) is 62.7 Å². The molecule has 0 unspecified atom stereocenters. The van der Waals surface area contributed by atoms with Gasteiger partial charge in [0.1, 0.15) is 5.82 Å². The number of nitrogens with zero attached hydrogens (tertiary/aromatic N) is 2. The van der Waals surface area contributed by atoms with Crippen LogP contribution in [0, 0.1) is 0 Å². The fourth-order valence-corrected chi connectivity index (χ4v) is 1.35. The summed E-state index contributed by atoms with van der Waals surface area (Å²) < 4.78 is 5.27. The molecule has 0 saturated heterocycles. The maximum Gasteiger partial charge on any atom is 0.328 e. The quantitative estimate of drug-likeness (QED) is 0.589. The molecule has 0 bridgehead atoms. The molecule has 0 aromatic carbocycles. The molecule has 0 amide bonds. The zero-order chi connectivity index (χ0) is 13.4. The van der Waals surface area contributed by atoms with Crippen LogP contribution in [0.4, 0.5) is 5.82 Å². The number of carboxylic acid groups (broad SMARTS) is 1. The summed E-state index contributed by atoms with van der Waals surface area (Å²) in [4.78, 5) is 16.6. The lowest BCUT2D eigenvalue weighted by atomic mass is 10.2. The van der Waals surface area contributed by atoms with Gasteiger partial charge >= 0.3 is 5.97 Å². The SMILES string of the molecule is CCOCCN(C)c1ccc(/C=C/C(=O)O)cn1. The molecule has 0 atom stereocenters. The zero-order valence-electron chi connectivity index (χ0n) is 10.7. The van der Waals surface area contributed by atoms with Gasteiger partial charge in [-0.2, -0.15) is 0 Å². The average molecular weight is 250 g/mol. The van der Waals surface area contributed by atoms with Crippen LogP contribution in [-0.4, -0.2) is 42.9 Å². The van der Waals surface area contributed by atoms with Crippen LogP contribution in [0.15, 0.2) is 24.4 Å². The fourth-order valence-electron chi connectivity index (χ4n) is 1.35. The lowest BCUT2D eigenvalue weighted by Gasteiger charge is -2.17. The van der Waals surface area contributed by atoms with Crippen molar-refractivity contribution in [1.29, 1.82) is 0 Å². The molecule has 1 aromatic heterocycles. The molecule has 1 rings (SSSR count). The summed E-state index contributed by atoms with van der Waals surface area (Å²) in [6, 6.07) is 3.69. The van der Waals surface area contributed by atoms with E-state index in [1.54, 1.807) is 6.20 Å². The maximum absolute atomic E-state index is 10.4. The van der Waals surface area contributed by atoms with Crippen LogP contribution < -0.4 is 4.90 Å². The largest absolute Gasteiger partial charge is 0.478 e. The summed E-state index contributed by atoms with van der Waals surface area (Å²) in [5.41, 5.74) is 0.763. The van der Waals surface area contributed by atoms with Crippen LogP contribution in [0.25, 0.3) is 6.08 Å². The Morgan fingerprint density at radius 2 is 2.33 bits per heavy atom. The predicted octanol–water partition coefficient (Wildman–Crippen LogP) is 1.65. The van der Waals surface area contributed by atoms with Crippen molar-refractivity contribution in [2.24, 2.45) is 0 Å². The van der Waals surface area contributed by atoms with Crippen LogP contribution in [-0.2, 0) is 9.53 Å². The Kier molecular flexibility index (Phi) is 5.87. The first-order chi connectivity index (χ1) is 8.63. The van der Waals surface area contributed by atoms with Gasteiger partial charge in [0, 0.05) is 32.5 Å². The van der Waals surface area contributed by atoms with Crippen molar-refractivity contribution in [2.75, 3.05) is 31.7 Å². The Bertz CT molecular complexity index is 401. The Balaban J connectivity index is 2.56. The number of carbonyl (C=O) groups is 1. The first-order valence-corrected chi connectivity index (χ1v) is 5.79. The van der Waals surface area contributed by atoms with E-state index in [0.717, 1.165) is 24.0 Å². The molecule has 18 heavy (non-hydrogen) atoms. The number of aliphatic carboxylic acids is 1. The average Bonchev–Trinajstić information content (AvgIpc) is 2.37. The van der Waals surface area contributed by atoms with E-state index in [1.807, 2.05) is 31.0 Å². The third-order valence-electron chi connectivity index (χ3n) is 2.36. The van der Waals surface area contributed by atoms with Crippen molar-refractivity contribution in [3.63, 3.8) is 0 Å². The lowest BCUT2D eigenvalue weighted by molar-refractivity contribution is -0.131. The number of pyridine rings is 1. The summed E-state index contributed by atoms with van der Waals surface area (Å²) in [6.07, 6.45) is 4.25. The van der Waals surface area contributed by atoms with Crippen LogP contribution in [0.1, 0.15) is 12.5 Å². The highest BCUT2D eigenvalue weighted by Crippen LogP contribution is 2.10. The van der Waals surface area contributed by atoms with Crippen LogP contribution in [0.2, 0.25) is 0 Å². The summed E-state index contributed by atoms with van der Waals surface area (Å²) in [7, 11) is 1.94. The Morgan fingerprint density at radius 1 is 1.56 bits per heavy atom. The van der Waals surface area contributed by atoms with Gasteiger partial charge in [0.25, 0.3) is 0 Å². The van der Waals surface area contributed by atoms with Gasteiger partial charge < -0.3 is 14.7 Å². The molecule has 0 aliphatic heterocycles. The summed E-state index contributed by atoms with van der Waals surface area (Å²) in [5.74, 6) is -0.130. The zero-order valence-corrected chi connectivity index (χ0v) is 10.7. The second-order valence-corrected chi connectivity index (χ2v) is 3.74. The van der Waals surface area contributed by atoms with Gasteiger partial charge in [-0.1, -0.05) is 0 Å². The number of likely N-dealkylation sites (N-methyl/N-ethyl adjacent to an activating group) is 1. The molecule has 0 aliphatic rings. The standard InChI is InChI=1S/C13H18N2O3/c1-3-18-9-8-15(2)12-6-4-11(10-14-12)5-7-13(16)17/h4-7,10H,3,8-9H2,1-2H3,(H,16,17)/b7-5+. The Labute approximate surface area is 107 Å². The van der Waals surface area contributed by atoms with Crippen LogP contribution in [0.3, 0.4) is 0 Å². The number of ether oxygens (including phenoxy) is 1. The van der Waals surface area contributed by atoms with Gasteiger partial charge in [-0.25, -0.2) is 9.78 Å². The van der Waals surface area contributed by atoms with Crippen molar-refractivity contribution in [3.05, 3.63) is 30.0 Å². The van der Waals surface area contributed by atoms with Crippen molar-refractivity contribution < 1.29 is 14.6 Å². The monoisotopic (exact) mass is 250 g/mol. The minimum atomic E-state index is -0.965. The summed E-state index contributed by atoms with van der Waals surface area (Å²) >= 11 is 0. The number of hydrogen-bond donors (Lipinski definition) is 1. The third kappa shape index (κ3) is 4.97. The van der Waals surface area contributed by atoms with E-state index in [4.69, 9.17) is 9.84 Å². The van der Waals surface area contributed by atoms with Crippen molar-refractivity contribution in [2.45, 2.75) is 6.92 Å². The van der Waals surface area contributed by atoms with Crippen molar-refractivity contribution in [1.82, 2.24) is 4.98 Å². The van der Waals surface area contributed by atoms with Gasteiger partial charge in [-0.05, 0) is 30.7 Å². The number of rotatable bonds is 7. The highest BCUT2D eigenvalue weighted by atomic mass is 16.5. The Morgan fingerprint density at radius 3 is 2.89 bits per heavy atom. The second-order valence-electron chi connectivity index (χ2n) is 3.74. The number of aromatic nitrogens is 1. The predicted molar refractivity (Wildman–Crippen MR) is 70.7 cm³/mol. The second kappa shape index (κ2) is 7.45. The van der Waals surface area contributed by atoms with Crippen LogP contribution >= 0.6 is 0 Å². The molecule has 0 radical (unpaired) electrons. The molecular formula is C13H18N2O3. The molecule has 0 saturated carbocycles. The van der Waals surface area contributed by atoms with Gasteiger partial charge in [0.2, 0.25) is 0 Å². The number of carboxylic acids is 1. The Hall–Kier alpha value is -1.88. The molecule has 98 valence electrons. The van der Waals surface area contributed by atoms with E-state index in [2.05, 4.69) is 4.98 Å². The van der Waals surface area contributed by atoms with E-state index in [9.17, 15) is 4.79 Å². The molecular weight excluding hydrogens is 232 g/mol. The molecule has 0 aliphatic carbocycles. The van der Waals surface area contributed by atoms with Gasteiger partial charge in [-0.3, -0.25) is 0 Å². The molecule has 1 N–H and O–H groups in total. The van der Waals surface area contributed by atoms with E-state index >= 15 is 0 Å².